The average Bonchev–Trinajstić information content (AvgIpc) is 2.82. The zero-order chi connectivity index (χ0) is 17.9. The van der Waals surface area contributed by atoms with Gasteiger partial charge in [0.05, 0.1) is 5.69 Å². The maximum atomic E-state index is 10.6. The van der Waals surface area contributed by atoms with Crippen LogP contribution in [0.2, 0.25) is 0 Å². The highest BCUT2D eigenvalue weighted by molar-refractivity contribution is 5.74. The van der Waals surface area contributed by atoms with Crippen molar-refractivity contribution in [3.05, 3.63) is 59.5 Å². The van der Waals surface area contributed by atoms with E-state index in [4.69, 9.17) is 0 Å². The molecule has 4 rings (SSSR count). The molecule has 0 spiro atoms. The van der Waals surface area contributed by atoms with Gasteiger partial charge >= 0.3 is 0 Å². The van der Waals surface area contributed by atoms with Crippen molar-refractivity contribution in [1.82, 2.24) is 19.7 Å². The summed E-state index contributed by atoms with van der Waals surface area (Å²) in [5.41, 5.74) is 4.27. The molecule has 2 aromatic rings. The zero-order valence-corrected chi connectivity index (χ0v) is 14.8. The minimum absolute atomic E-state index is 0.214. The molecule has 2 aliphatic rings. The molecule has 1 N–H and O–H groups in total. The first kappa shape index (κ1) is 16.7. The highest BCUT2D eigenvalue weighted by atomic mass is 16.3. The Morgan fingerprint density at radius 1 is 1.23 bits per heavy atom. The molecule has 2 aliphatic heterocycles. The third-order valence-corrected chi connectivity index (χ3v) is 4.95. The van der Waals surface area contributed by atoms with Gasteiger partial charge in [-0.1, -0.05) is 12.6 Å². The van der Waals surface area contributed by atoms with E-state index in [1.54, 1.807) is 10.9 Å². The van der Waals surface area contributed by atoms with E-state index < -0.39 is 0 Å². The molecule has 0 fully saturated rings. The second-order valence-electron chi connectivity index (χ2n) is 6.76. The number of pyridine rings is 1. The van der Waals surface area contributed by atoms with E-state index in [0.29, 0.717) is 12.4 Å². The maximum Gasteiger partial charge on any atom is 0.219 e. The van der Waals surface area contributed by atoms with E-state index >= 15 is 0 Å². The van der Waals surface area contributed by atoms with Crippen molar-refractivity contribution >= 4 is 6.21 Å². The third kappa shape index (κ3) is 3.32. The van der Waals surface area contributed by atoms with Gasteiger partial charge in [-0.05, 0) is 55.2 Å². The molecule has 0 aromatic carbocycles. The van der Waals surface area contributed by atoms with Gasteiger partial charge in [0.15, 0.2) is 5.82 Å². The third-order valence-electron chi connectivity index (χ3n) is 4.95. The fraction of sp³-hybridized carbons (Fsp3) is 0.350. The van der Waals surface area contributed by atoms with Crippen molar-refractivity contribution in [3.63, 3.8) is 0 Å². The Hall–Kier alpha value is -2.73. The molecule has 0 atom stereocenters. The average molecular weight is 349 g/mol. The summed E-state index contributed by atoms with van der Waals surface area (Å²) < 4.78 is 1.55. The summed E-state index contributed by atoms with van der Waals surface area (Å²) in [6.07, 6.45) is 8.40. The molecule has 0 radical (unpaired) electrons. The van der Waals surface area contributed by atoms with Gasteiger partial charge in [-0.25, -0.2) is 4.98 Å². The summed E-state index contributed by atoms with van der Waals surface area (Å²) in [7, 11) is 0. The molecule has 0 saturated carbocycles. The second-order valence-corrected chi connectivity index (χ2v) is 6.76. The van der Waals surface area contributed by atoms with Crippen molar-refractivity contribution in [2.45, 2.75) is 25.8 Å². The van der Waals surface area contributed by atoms with Crippen LogP contribution in [0.3, 0.4) is 0 Å². The van der Waals surface area contributed by atoms with Crippen LogP contribution in [0, 0.1) is 0 Å². The standard InChI is InChI=1S/C20H23N5O/c1-15-7-10-21-11-8-16(15)13-24-12-4-5-17-18(14-24)23-25(20(17)26)19-6-2-3-9-22-19/h2-3,6,8-9,11,26H,1,4-5,7,10,12-14H2. The zero-order valence-electron chi connectivity index (χ0n) is 14.8. The molecule has 4 heterocycles. The van der Waals surface area contributed by atoms with E-state index in [9.17, 15) is 5.11 Å². The predicted octanol–water partition coefficient (Wildman–Crippen LogP) is 2.68. The predicted molar refractivity (Wildman–Crippen MR) is 102 cm³/mol. The topological polar surface area (TPSA) is 66.5 Å². The fourth-order valence-corrected chi connectivity index (χ4v) is 3.51. The minimum Gasteiger partial charge on any atom is -0.493 e. The molecule has 0 amide bonds. The molecule has 6 nitrogen and oxygen atoms in total. The summed E-state index contributed by atoms with van der Waals surface area (Å²) >= 11 is 0. The molecule has 6 heteroatoms. The number of allylic oxidation sites excluding steroid dienone is 1. The van der Waals surface area contributed by atoms with E-state index in [2.05, 4.69) is 32.6 Å². The largest absolute Gasteiger partial charge is 0.493 e. The van der Waals surface area contributed by atoms with Crippen LogP contribution in [-0.4, -0.2) is 50.6 Å². The first-order chi connectivity index (χ1) is 12.7. The molecule has 2 aromatic heterocycles. The van der Waals surface area contributed by atoms with Crippen LogP contribution in [0.4, 0.5) is 0 Å². The number of aromatic nitrogens is 3. The number of fused-ring (bicyclic) bond motifs is 1. The Bertz CT molecular complexity index is 866. The highest BCUT2D eigenvalue weighted by Gasteiger charge is 2.24. The minimum atomic E-state index is 0.214. The Morgan fingerprint density at radius 3 is 3.00 bits per heavy atom. The summed E-state index contributed by atoms with van der Waals surface area (Å²) in [6.45, 7) is 7.54. The molecule has 134 valence electrons. The molecule has 0 bridgehead atoms. The van der Waals surface area contributed by atoms with Crippen LogP contribution in [0.25, 0.3) is 5.82 Å². The van der Waals surface area contributed by atoms with Crippen LogP contribution >= 0.6 is 0 Å². The van der Waals surface area contributed by atoms with Crippen molar-refractivity contribution in [3.8, 4) is 11.7 Å². The molecule has 26 heavy (non-hydrogen) atoms. The summed E-state index contributed by atoms with van der Waals surface area (Å²) in [4.78, 5) is 11.0. The number of nitrogens with zero attached hydrogens (tertiary/aromatic N) is 5. The quantitative estimate of drug-likeness (QED) is 0.925. The van der Waals surface area contributed by atoms with Gasteiger partial charge in [0.2, 0.25) is 5.88 Å². The van der Waals surface area contributed by atoms with Gasteiger partial charge in [-0.2, -0.15) is 9.78 Å². The van der Waals surface area contributed by atoms with Gasteiger partial charge in [0, 0.05) is 37.6 Å². The van der Waals surface area contributed by atoms with Gasteiger partial charge in [-0.3, -0.25) is 9.89 Å². The smallest absolute Gasteiger partial charge is 0.219 e. The summed E-state index contributed by atoms with van der Waals surface area (Å²) in [5, 5.41) is 15.3. The number of aromatic hydroxyl groups is 1. The number of rotatable bonds is 3. The van der Waals surface area contributed by atoms with Crippen LogP contribution in [-0.2, 0) is 13.0 Å². The van der Waals surface area contributed by atoms with Crippen LogP contribution in [0.1, 0.15) is 24.1 Å². The van der Waals surface area contributed by atoms with Crippen molar-refractivity contribution in [1.29, 1.82) is 0 Å². The van der Waals surface area contributed by atoms with E-state index in [-0.39, 0.29) is 5.88 Å². The van der Waals surface area contributed by atoms with Gasteiger partial charge < -0.3 is 5.11 Å². The summed E-state index contributed by atoms with van der Waals surface area (Å²) in [5.74, 6) is 0.853. The molecular weight excluding hydrogens is 326 g/mol. The lowest BCUT2D eigenvalue weighted by atomic mass is 10.0. The monoisotopic (exact) mass is 349 g/mol. The van der Waals surface area contributed by atoms with Gasteiger partial charge in [0.1, 0.15) is 0 Å². The molecule has 0 aliphatic carbocycles. The van der Waals surface area contributed by atoms with Crippen molar-refractivity contribution in [2.75, 3.05) is 19.6 Å². The normalized spacial score (nSPS) is 18.2. The van der Waals surface area contributed by atoms with Crippen LogP contribution in [0.5, 0.6) is 5.88 Å². The number of hydrogen-bond donors (Lipinski definition) is 1. The first-order valence-electron chi connectivity index (χ1n) is 9.03. The lowest BCUT2D eigenvalue weighted by Gasteiger charge is -2.22. The Labute approximate surface area is 153 Å². The Kier molecular flexibility index (Phi) is 4.67. The molecule has 0 unspecified atom stereocenters. The number of aliphatic imine (C=N–C) groups is 1. The van der Waals surface area contributed by atoms with Crippen molar-refractivity contribution < 1.29 is 5.11 Å². The highest BCUT2D eigenvalue weighted by Crippen LogP contribution is 2.29. The first-order valence-corrected chi connectivity index (χ1v) is 9.03. The van der Waals surface area contributed by atoms with Gasteiger partial charge in [-0.15, -0.1) is 0 Å². The SMILES string of the molecule is C=C1CCN=CC=C1CN1CCCc2c(nn(-c3ccccn3)c2O)C1. The second kappa shape index (κ2) is 7.25. The van der Waals surface area contributed by atoms with Crippen LogP contribution < -0.4 is 0 Å². The number of hydrogen-bond acceptors (Lipinski definition) is 5. The Balaban J connectivity index is 1.58. The molecule has 0 saturated heterocycles. The molecular formula is C20H23N5O. The lowest BCUT2D eigenvalue weighted by Crippen LogP contribution is -2.26. The van der Waals surface area contributed by atoms with Crippen LogP contribution in [0.15, 0.2) is 53.2 Å². The fourth-order valence-electron chi connectivity index (χ4n) is 3.51. The lowest BCUT2D eigenvalue weighted by molar-refractivity contribution is 0.289. The van der Waals surface area contributed by atoms with Gasteiger partial charge in [0.25, 0.3) is 0 Å². The Morgan fingerprint density at radius 2 is 2.15 bits per heavy atom. The van der Waals surface area contributed by atoms with E-state index in [1.807, 2.05) is 24.4 Å². The van der Waals surface area contributed by atoms with E-state index in [1.165, 1.54) is 5.57 Å². The van der Waals surface area contributed by atoms with E-state index in [0.717, 1.165) is 55.7 Å². The summed E-state index contributed by atoms with van der Waals surface area (Å²) in [6, 6.07) is 5.60. The maximum absolute atomic E-state index is 10.6. The van der Waals surface area contributed by atoms with Crippen molar-refractivity contribution in [2.24, 2.45) is 4.99 Å².